The SMILES string of the molecule is CCC(C(=O)Nc1nnc(CC(C)C)s1)n1cnc2scc(-c3ccc(-c4ccccc4)cc3)c2c1=O. The molecule has 1 unspecified atom stereocenters. The molecule has 3 aromatic heterocycles. The maximum atomic E-state index is 13.7. The number of nitrogens with one attached hydrogen (secondary N) is 1. The first-order valence-corrected chi connectivity index (χ1v) is 13.9. The van der Waals surface area contributed by atoms with E-state index in [1.807, 2.05) is 42.6 Å². The van der Waals surface area contributed by atoms with Crippen LogP contribution in [0.3, 0.4) is 0 Å². The summed E-state index contributed by atoms with van der Waals surface area (Å²) in [7, 11) is 0. The van der Waals surface area contributed by atoms with Gasteiger partial charge in [-0.1, -0.05) is 86.7 Å². The number of aromatic nitrogens is 4. The molecule has 0 spiro atoms. The third-order valence-corrected chi connectivity index (χ3v) is 7.87. The molecule has 0 saturated heterocycles. The summed E-state index contributed by atoms with van der Waals surface area (Å²) in [4.78, 5) is 32.0. The lowest BCUT2D eigenvalue weighted by molar-refractivity contribution is -0.119. The minimum atomic E-state index is -0.713. The van der Waals surface area contributed by atoms with E-state index in [9.17, 15) is 9.59 Å². The molecule has 7 nitrogen and oxygen atoms in total. The maximum absolute atomic E-state index is 13.7. The summed E-state index contributed by atoms with van der Waals surface area (Å²) in [5.74, 6) is 0.146. The quantitative estimate of drug-likeness (QED) is 0.250. The maximum Gasteiger partial charge on any atom is 0.263 e. The van der Waals surface area contributed by atoms with Crippen molar-refractivity contribution < 1.29 is 4.79 Å². The molecular formula is C28H27N5O2S2. The van der Waals surface area contributed by atoms with Crippen molar-refractivity contribution in [3.8, 4) is 22.3 Å². The Labute approximate surface area is 222 Å². The number of hydrogen-bond acceptors (Lipinski definition) is 7. The summed E-state index contributed by atoms with van der Waals surface area (Å²) in [6.45, 7) is 6.10. The Kier molecular flexibility index (Phi) is 7.25. The lowest BCUT2D eigenvalue weighted by atomic mass is 10.0. The van der Waals surface area contributed by atoms with Gasteiger partial charge in [0.2, 0.25) is 11.0 Å². The van der Waals surface area contributed by atoms with E-state index in [2.05, 4.69) is 58.6 Å². The van der Waals surface area contributed by atoms with Crippen LogP contribution in [0.1, 0.15) is 38.2 Å². The summed E-state index contributed by atoms with van der Waals surface area (Å²) >= 11 is 2.79. The predicted octanol–water partition coefficient (Wildman–Crippen LogP) is 6.43. The molecule has 0 bridgehead atoms. The van der Waals surface area contributed by atoms with Gasteiger partial charge in [0.15, 0.2) is 0 Å². The van der Waals surface area contributed by atoms with Gasteiger partial charge >= 0.3 is 0 Å². The molecule has 2 aromatic carbocycles. The third-order valence-electron chi connectivity index (χ3n) is 6.13. The number of hydrogen-bond donors (Lipinski definition) is 1. The van der Waals surface area contributed by atoms with Crippen LogP contribution in [0, 0.1) is 5.92 Å². The van der Waals surface area contributed by atoms with Crippen molar-refractivity contribution in [3.63, 3.8) is 0 Å². The van der Waals surface area contributed by atoms with E-state index in [0.717, 1.165) is 33.7 Å². The zero-order valence-corrected chi connectivity index (χ0v) is 22.5. The Bertz CT molecular complexity index is 1590. The highest BCUT2D eigenvalue weighted by atomic mass is 32.1. The molecule has 5 rings (SSSR count). The molecule has 0 fully saturated rings. The normalized spacial score (nSPS) is 12.2. The zero-order chi connectivity index (χ0) is 25.9. The number of benzene rings is 2. The summed E-state index contributed by atoms with van der Waals surface area (Å²) in [6, 6.07) is 17.6. The van der Waals surface area contributed by atoms with Gasteiger partial charge in [-0.05, 0) is 29.0 Å². The Morgan fingerprint density at radius 1 is 1.00 bits per heavy atom. The molecule has 0 aliphatic heterocycles. The van der Waals surface area contributed by atoms with Gasteiger partial charge in [-0.15, -0.1) is 21.5 Å². The highest BCUT2D eigenvalue weighted by Crippen LogP contribution is 2.32. The first-order chi connectivity index (χ1) is 17.9. The van der Waals surface area contributed by atoms with Crippen molar-refractivity contribution in [3.05, 3.63) is 81.7 Å². The number of anilines is 1. The van der Waals surface area contributed by atoms with Crippen LogP contribution >= 0.6 is 22.7 Å². The second-order valence-electron chi connectivity index (χ2n) is 9.24. The van der Waals surface area contributed by atoms with Crippen LogP contribution in [-0.2, 0) is 11.2 Å². The molecule has 0 radical (unpaired) electrons. The van der Waals surface area contributed by atoms with E-state index in [4.69, 9.17) is 0 Å². The Morgan fingerprint density at radius 2 is 1.70 bits per heavy atom. The van der Waals surface area contributed by atoms with Crippen LogP contribution in [0.5, 0.6) is 0 Å². The van der Waals surface area contributed by atoms with E-state index >= 15 is 0 Å². The van der Waals surface area contributed by atoms with E-state index in [1.165, 1.54) is 33.6 Å². The van der Waals surface area contributed by atoms with Crippen molar-refractivity contribution in [2.45, 2.75) is 39.7 Å². The lowest BCUT2D eigenvalue weighted by Gasteiger charge is -2.16. The fourth-order valence-corrected chi connectivity index (χ4v) is 6.15. The first-order valence-electron chi connectivity index (χ1n) is 12.2. The van der Waals surface area contributed by atoms with Gasteiger partial charge in [-0.2, -0.15) is 0 Å². The van der Waals surface area contributed by atoms with Crippen molar-refractivity contribution in [2.75, 3.05) is 5.32 Å². The van der Waals surface area contributed by atoms with Crippen molar-refractivity contribution >= 4 is 43.9 Å². The van der Waals surface area contributed by atoms with Crippen LogP contribution in [-0.4, -0.2) is 25.7 Å². The molecule has 0 saturated carbocycles. The summed E-state index contributed by atoms with van der Waals surface area (Å²) < 4.78 is 1.43. The van der Waals surface area contributed by atoms with Crippen molar-refractivity contribution in [1.82, 2.24) is 19.7 Å². The molecule has 188 valence electrons. The molecular weight excluding hydrogens is 502 g/mol. The van der Waals surface area contributed by atoms with E-state index < -0.39 is 6.04 Å². The smallest absolute Gasteiger partial charge is 0.263 e. The van der Waals surface area contributed by atoms with Gasteiger partial charge in [0, 0.05) is 17.4 Å². The molecule has 9 heteroatoms. The Hall–Kier alpha value is -3.69. The molecule has 1 atom stereocenters. The monoisotopic (exact) mass is 529 g/mol. The minimum absolute atomic E-state index is 0.229. The number of carbonyl (C=O) groups excluding carboxylic acids is 1. The number of amides is 1. The molecule has 0 aliphatic rings. The zero-order valence-electron chi connectivity index (χ0n) is 20.8. The van der Waals surface area contributed by atoms with Gasteiger partial charge in [-0.25, -0.2) is 4.98 Å². The van der Waals surface area contributed by atoms with E-state index in [1.54, 1.807) is 0 Å². The van der Waals surface area contributed by atoms with Crippen LogP contribution in [0.2, 0.25) is 0 Å². The molecule has 3 heterocycles. The van der Waals surface area contributed by atoms with Gasteiger partial charge in [0.1, 0.15) is 15.9 Å². The van der Waals surface area contributed by atoms with Gasteiger partial charge in [0.05, 0.1) is 11.7 Å². The minimum Gasteiger partial charge on any atom is -0.299 e. The second kappa shape index (κ2) is 10.7. The summed E-state index contributed by atoms with van der Waals surface area (Å²) in [5, 5.41) is 14.9. The predicted molar refractivity (Wildman–Crippen MR) is 151 cm³/mol. The standard InChI is InChI=1S/C28H27N5O2S2/c1-4-22(25(34)30-28-32-31-23(37-28)14-17(2)3)33-16-29-26-24(27(33)35)21(15-36-26)20-12-10-19(11-13-20)18-8-6-5-7-9-18/h5-13,15-17,22H,4,14H2,1-3H3,(H,30,32,34). The molecule has 1 amide bonds. The van der Waals surface area contributed by atoms with E-state index in [0.29, 0.717) is 27.7 Å². The lowest BCUT2D eigenvalue weighted by Crippen LogP contribution is -2.33. The summed E-state index contributed by atoms with van der Waals surface area (Å²) in [5.41, 5.74) is 3.77. The average Bonchev–Trinajstić information content (AvgIpc) is 3.53. The van der Waals surface area contributed by atoms with Crippen LogP contribution in [0.15, 0.2) is 71.1 Å². The topological polar surface area (TPSA) is 89.8 Å². The number of carbonyl (C=O) groups is 1. The molecule has 0 aliphatic carbocycles. The van der Waals surface area contributed by atoms with Crippen LogP contribution < -0.4 is 10.9 Å². The van der Waals surface area contributed by atoms with Crippen LogP contribution in [0.4, 0.5) is 5.13 Å². The first kappa shape index (κ1) is 25.0. The highest BCUT2D eigenvalue weighted by Gasteiger charge is 2.24. The van der Waals surface area contributed by atoms with Gasteiger partial charge < -0.3 is 0 Å². The molecule has 1 N–H and O–H groups in total. The molecule has 37 heavy (non-hydrogen) atoms. The largest absolute Gasteiger partial charge is 0.299 e. The average molecular weight is 530 g/mol. The van der Waals surface area contributed by atoms with E-state index in [-0.39, 0.29) is 11.5 Å². The molecule has 5 aromatic rings. The van der Waals surface area contributed by atoms with Gasteiger partial charge in [-0.3, -0.25) is 19.5 Å². The van der Waals surface area contributed by atoms with Crippen molar-refractivity contribution in [1.29, 1.82) is 0 Å². The number of thiophene rings is 1. The summed E-state index contributed by atoms with van der Waals surface area (Å²) in [6.07, 6.45) is 2.71. The number of nitrogens with zero attached hydrogens (tertiary/aromatic N) is 4. The Morgan fingerprint density at radius 3 is 2.41 bits per heavy atom. The number of rotatable bonds is 8. The van der Waals surface area contributed by atoms with Crippen molar-refractivity contribution in [2.24, 2.45) is 5.92 Å². The highest BCUT2D eigenvalue weighted by molar-refractivity contribution is 7.17. The third kappa shape index (κ3) is 5.23. The fraction of sp³-hybridized carbons (Fsp3) is 0.250. The number of fused-ring (bicyclic) bond motifs is 1. The Balaban J connectivity index is 1.44. The van der Waals surface area contributed by atoms with Crippen LogP contribution in [0.25, 0.3) is 32.5 Å². The van der Waals surface area contributed by atoms with Gasteiger partial charge in [0.25, 0.3) is 5.56 Å². The fourth-order valence-electron chi connectivity index (χ4n) is 4.29. The second-order valence-corrected chi connectivity index (χ2v) is 11.2.